The van der Waals surface area contributed by atoms with E-state index in [4.69, 9.17) is 10.5 Å². The van der Waals surface area contributed by atoms with Crippen molar-refractivity contribution in [2.24, 2.45) is 0 Å². The van der Waals surface area contributed by atoms with E-state index >= 15 is 0 Å². The van der Waals surface area contributed by atoms with Crippen molar-refractivity contribution in [3.8, 4) is 5.88 Å². The van der Waals surface area contributed by atoms with Gasteiger partial charge in [0.2, 0.25) is 0 Å². The van der Waals surface area contributed by atoms with E-state index in [1.807, 2.05) is 6.07 Å². The molecule has 0 spiro atoms. The third-order valence-corrected chi connectivity index (χ3v) is 3.60. The van der Waals surface area contributed by atoms with Gasteiger partial charge in [0.05, 0.1) is 18.5 Å². The highest BCUT2D eigenvalue weighted by Crippen LogP contribution is 2.28. The maximum Gasteiger partial charge on any atom is 0.256 e. The minimum Gasteiger partial charge on any atom is -0.478 e. The Morgan fingerprint density at radius 3 is 2.83 bits per heavy atom. The number of likely N-dealkylation sites (tertiary alicyclic amines) is 1. The zero-order valence-corrected chi connectivity index (χ0v) is 11.4. The van der Waals surface area contributed by atoms with Gasteiger partial charge in [0.25, 0.3) is 5.88 Å². The van der Waals surface area contributed by atoms with Gasteiger partial charge in [-0.15, -0.1) is 5.10 Å². The Labute approximate surface area is 108 Å². The van der Waals surface area contributed by atoms with Gasteiger partial charge >= 0.3 is 0 Å². The Morgan fingerprint density at radius 2 is 2.22 bits per heavy atom. The molecule has 2 rings (SSSR count). The van der Waals surface area contributed by atoms with Gasteiger partial charge in [0.15, 0.2) is 0 Å². The van der Waals surface area contributed by atoms with Gasteiger partial charge in [-0.1, -0.05) is 0 Å². The Balaban J connectivity index is 2.13. The van der Waals surface area contributed by atoms with Crippen LogP contribution in [-0.4, -0.2) is 41.3 Å². The highest BCUT2D eigenvalue weighted by Gasteiger charge is 2.24. The first-order valence-electron chi connectivity index (χ1n) is 6.53. The Bertz CT molecular complexity index is 408. The normalized spacial score (nSPS) is 21.2. The lowest BCUT2D eigenvalue weighted by molar-refractivity contribution is 0.166. The van der Waals surface area contributed by atoms with Crippen LogP contribution in [0.5, 0.6) is 5.88 Å². The zero-order valence-electron chi connectivity index (χ0n) is 11.4. The Kier molecular flexibility index (Phi) is 4.01. The molecule has 18 heavy (non-hydrogen) atoms. The lowest BCUT2D eigenvalue weighted by Crippen LogP contribution is -2.39. The standard InChI is InChI=1S/C13H22N4O/c1-9(2)17-6-4-5-10(8-17)12-7-11(14)13(18-3)16-15-12/h7,9-10H,4-6,8H2,1-3H3,(H2,14,15). The van der Waals surface area contributed by atoms with Crippen LogP contribution in [0.4, 0.5) is 5.69 Å². The summed E-state index contributed by atoms with van der Waals surface area (Å²) in [5, 5.41) is 8.27. The third kappa shape index (κ3) is 2.72. The predicted octanol–water partition coefficient (Wildman–Crippen LogP) is 1.66. The number of rotatable bonds is 3. The number of piperidine rings is 1. The molecule has 5 heteroatoms. The topological polar surface area (TPSA) is 64.3 Å². The molecule has 1 fully saturated rings. The quantitative estimate of drug-likeness (QED) is 0.883. The molecule has 1 aliphatic heterocycles. The first kappa shape index (κ1) is 13.1. The molecule has 0 radical (unpaired) electrons. The molecule has 0 bridgehead atoms. The molecule has 1 atom stereocenters. The molecule has 1 aromatic heterocycles. The fourth-order valence-corrected chi connectivity index (χ4v) is 2.49. The third-order valence-electron chi connectivity index (χ3n) is 3.60. The molecule has 1 saturated heterocycles. The van der Waals surface area contributed by atoms with Crippen LogP contribution in [-0.2, 0) is 0 Å². The molecule has 2 N–H and O–H groups in total. The van der Waals surface area contributed by atoms with Crippen LogP contribution in [0.2, 0.25) is 0 Å². The lowest BCUT2D eigenvalue weighted by atomic mass is 9.93. The first-order valence-corrected chi connectivity index (χ1v) is 6.53. The molecule has 5 nitrogen and oxygen atoms in total. The van der Waals surface area contributed by atoms with Gasteiger partial charge in [-0.25, -0.2) is 0 Å². The molecule has 0 saturated carbocycles. The second-order valence-electron chi connectivity index (χ2n) is 5.16. The molecule has 0 aliphatic carbocycles. The number of hydrogen-bond acceptors (Lipinski definition) is 5. The monoisotopic (exact) mass is 250 g/mol. The molecule has 1 aromatic rings. The maximum atomic E-state index is 5.89. The van der Waals surface area contributed by atoms with E-state index in [9.17, 15) is 0 Å². The van der Waals surface area contributed by atoms with E-state index in [0.717, 1.165) is 18.7 Å². The van der Waals surface area contributed by atoms with E-state index in [-0.39, 0.29) is 0 Å². The van der Waals surface area contributed by atoms with Crippen molar-refractivity contribution in [2.75, 3.05) is 25.9 Å². The molecular formula is C13H22N4O. The summed E-state index contributed by atoms with van der Waals surface area (Å²) in [6, 6.07) is 2.48. The number of methoxy groups -OCH3 is 1. The van der Waals surface area contributed by atoms with Crippen molar-refractivity contribution < 1.29 is 4.74 Å². The minimum absolute atomic E-state index is 0.412. The average Bonchev–Trinajstić information content (AvgIpc) is 2.38. The molecule has 2 heterocycles. The summed E-state index contributed by atoms with van der Waals surface area (Å²) < 4.78 is 5.04. The van der Waals surface area contributed by atoms with Gasteiger partial charge in [0.1, 0.15) is 0 Å². The molecule has 0 aromatic carbocycles. The van der Waals surface area contributed by atoms with Crippen molar-refractivity contribution in [1.29, 1.82) is 0 Å². The van der Waals surface area contributed by atoms with Crippen molar-refractivity contribution in [3.63, 3.8) is 0 Å². The summed E-state index contributed by atoms with van der Waals surface area (Å²) in [7, 11) is 1.56. The van der Waals surface area contributed by atoms with Crippen LogP contribution in [0.1, 0.15) is 38.3 Å². The maximum absolute atomic E-state index is 5.89. The summed E-state index contributed by atoms with van der Waals surface area (Å²) in [5.41, 5.74) is 7.45. The van der Waals surface area contributed by atoms with E-state index < -0.39 is 0 Å². The van der Waals surface area contributed by atoms with Crippen LogP contribution in [0, 0.1) is 0 Å². The molecular weight excluding hydrogens is 228 g/mol. The minimum atomic E-state index is 0.412. The van der Waals surface area contributed by atoms with E-state index in [2.05, 4.69) is 28.9 Å². The van der Waals surface area contributed by atoms with Crippen LogP contribution < -0.4 is 10.5 Å². The van der Waals surface area contributed by atoms with E-state index in [1.165, 1.54) is 13.0 Å². The summed E-state index contributed by atoms with van der Waals surface area (Å²) in [6.45, 7) is 6.68. The van der Waals surface area contributed by atoms with Gasteiger partial charge in [-0.05, 0) is 39.3 Å². The summed E-state index contributed by atoms with van der Waals surface area (Å²) in [5.74, 6) is 0.845. The largest absolute Gasteiger partial charge is 0.478 e. The summed E-state index contributed by atoms with van der Waals surface area (Å²) in [4.78, 5) is 2.48. The molecule has 100 valence electrons. The molecule has 1 unspecified atom stereocenters. The van der Waals surface area contributed by atoms with Gasteiger partial charge < -0.3 is 15.4 Å². The number of nitrogens with zero attached hydrogens (tertiary/aromatic N) is 3. The number of ether oxygens (including phenoxy) is 1. The first-order chi connectivity index (χ1) is 8.61. The van der Waals surface area contributed by atoms with Gasteiger partial charge in [-0.2, -0.15) is 5.10 Å². The number of aromatic nitrogens is 2. The molecule has 1 aliphatic rings. The number of nitrogens with two attached hydrogens (primary N) is 1. The van der Waals surface area contributed by atoms with Crippen LogP contribution >= 0.6 is 0 Å². The lowest BCUT2D eigenvalue weighted by Gasteiger charge is -2.35. The highest BCUT2D eigenvalue weighted by molar-refractivity contribution is 5.48. The summed E-state index contributed by atoms with van der Waals surface area (Å²) in [6.07, 6.45) is 2.36. The fourth-order valence-electron chi connectivity index (χ4n) is 2.49. The molecule has 0 amide bonds. The predicted molar refractivity (Wildman–Crippen MR) is 71.7 cm³/mol. The summed E-state index contributed by atoms with van der Waals surface area (Å²) >= 11 is 0. The van der Waals surface area contributed by atoms with Crippen molar-refractivity contribution in [1.82, 2.24) is 15.1 Å². The van der Waals surface area contributed by atoms with Crippen LogP contribution in [0.3, 0.4) is 0 Å². The van der Waals surface area contributed by atoms with Crippen molar-refractivity contribution in [3.05, 3.63) is 11.8 Å². The van der Waals surface area contributed by atoms with Crippen molar-refractivity contribution >= 4 is 5.69 Å². The Hall–Kier alpha value is -1.36. The second-order valence-corrected chi connectivity index (χ2v) is 5.16. The van der Waals surface area contributed by atoms with Gasteiger partial charge in [0, 0.05) is 18.5 Å². The van der Waals surface area contributed by atoms with Crippen molar-refractivity contribution in [2.45, 2.75) is 38.6 Å². The van der Waals surface area contributed by atoms with Crippen LogP contribution in [0.15, 0.2) is 6.07 Å². The fraction of sp³-hybridized carbons (Fsp3) is 0.692. The Morgan fingerprint density at radius 1 is 1.44 bits per heavy atom. The number of hydrogen-bond donors (Lipinski definition) is 1. The second kappa shape index (κ2) is 5.52. The number of anilines is 1. The smallest absolute Gasteiger partial charge is 0.256 e. The van der Waals surface area contributed by atoms with Crippen LogP contribution in [0.25, 0.3) is 0 Å². The van der Waals surface area contributed by atoms with E-state index in [1.54, 1.807) is 7.11 Å². The highest BCUT2D eigenvalue weighted by atomic mass is 16.5. The number of nitrogen functional groups attached to an aromatic ring is 1. The SMILES string of the molecule is COc1nnc(C2CCCN(C(C)C)C2)cc1N. The average molecular weight is 250 g/mol. The zero-order chi connectivity index (χ0) is 13.1. The van der Waals surface area contributed by atoms with E-state index in [0.29, 0.717) is 23.5 Å². The van der Waals surface area contributed by atoms with Gasteiger partial charge in [-0.3, -0.25) is 0 Å².